The van der Waals surface area contributed by atoms with Crippen molar-refractivity contribution in [3.63, 3.8) is 0 Å². The quantitative estimate of drug-likeness (QED) is 0.782. The maximum atomic E-state index is 11.9. The Morgan fingerprint density at radius 3 is 2.67 bits per heavy atom. The van der Waals surface area contributed by atoms with E-state index in [4.69, 9.17) is 0 Å². The van der Waals surface area contributed by atoms with Gasteiger partial charge in [0.15, 0.2) is 0 Å². The third kappa shape index (κ3) is 3.84. The minimum Gasteiger partial charge on any atom is -0.312 e. The summed E-state index contributed by atoms with van der Waals surface area (Å²) in [7, 11) is 0. The molecule has 0 aliphatic carbocycles. The third-order valence-corrected chi connectivity index (χ3v) is 3.03. The van der Waals surface area contributed by atoms with Crippen LogP contribution in [0.3, 0.4) is 0 Å². The zero-order valence-electron chi connectivity index (χ0n) is 11.5. The molecule has 0 aliphatic heterocycles. The van der Waals surface area contributed by atoms with E-state index in [0.29, 0.717) is 25.7 Å². The highest BCUT2D eigenvalue weighted by atomic mass is 16.2. The van der Waals surface area contributed by atoms with Gasteiger partial charge in [-0.2, -0.15) is 0 Å². The number of aryl methyl sites for hydroxylation is 1. The lowest BCUT2D eigenvalue weighted by atomic mass is 10.2. The Morgan fingerprint density at radius 1 is 1.33 bits per heavy atom. The van der Waals surface area contributed by atoms with Gasteiger partial charge < -0.3 is 9.88 Å². The van der Waals surface area contributed by atoms with Crippen LogP contribution >= 0.6 is 0 Å². The normalized spacial score (nSPS) is 12.6. The molecule has 1 aromatic rings. The molecule has 0 aromatic carbocycles. The SMILES string of the molecule is CCCC(C)NCCn1c(=O)ccn(CC)c1=O. The molecule has 1 rings (SSSR count). The maximum Gasteiger partial charge on any atom is 0.330 e. The number of nitrogens with zero attached hydrogens (tertiary/aromatic N) is 2. The first-order valence-electron chi connectivity index (χ1n) is 6.63. The molecule has 1 unspecified atom stereocenters. The van der Waals surface area contributed by atoms with Crippen LogP contribution in [0, 0.1) is 0 Å². The molecule has 0 aliphatic rings. The van der Waals surface area contributed by atoms with Crippen LogP contribution in [0.5, 0.6) is 0 Å². The Kier molecular flexibility index (Phi) is 5.85. The van der Waals surface area contributed by atoms with Gasteiger partial charge in [-0.05, 0) is 20.3 Å². The monoisotopic (exact) mass is 253 g/mol. The molecular weight excluding hydrogens is 230 g/mol. The van der Waals surface area contributed by atoms with Gasteiger partial charge in [0.25, 0.3) is 5.56 Å². The summed E-state index contributed by atoms with van der Waals surface area (Å²) >= 11 is 0. The van der Waals surface area contributed by atoms with E-state index in [1.54, 1.807) is 6.20 Å². The van der Waals surface area contributed by atoms with Crippen molar-refractivity contribution in [2.45, 2.75) is 52.7 Å². The molecule has 1 heterocycles. The largest absolute Gasteiger partial charge is 0.330 e. The van der Waals surface area contributed by atoms with Gasteiger partial charge in [-0.3, -0.25) is 9.36 Å². The highest BCUT2D eigenvalue weighted by Crippen LogP contribution is 1.93. The highest BCUT2D eigenvalue weighted by molar-refractivity contribution is 4.86. The summed E-state index contributed by atoms with van der Waals surface area (Å²) in [6.45, 7) is 7.79. The lowest BCUT2D eigenvalue weighted by Gasteiger charge is -2.13. The summed E-state index contributed by atoms with van der Waals surface area (Å²) in [5, 5.41) is 3.32. The molecule has 1 N–H and O–H groups in total. The molecule has 0 radical (unpaired) electrons. The van der Waals surface area contributed by atoms with Crippen LogP contribution in [-0.2, 0) is 13.1 Å². The highest BCUT2D eigenvalue weighted by Gasteiger charge is 2.04. The Bertz CT molecular complexity index is 476. The molecule has 0 spiro atoms. The number of aromatic nitrogens is 2. The van der Waals surface area contributed by atoms with Crippen molar-refractivity contribution in [2.75, 3.05) is 6.54 Å². The second-order valence-electron chi connectivity index (χ2n) is 4.52. The van der Waals surface area contributed by atoms with Gasteiger partial charge in [0.05, 0.1) is 0 Å². The van der Waals surface area contributed by atoms with E-state index in [2.05, 4.69) is 19.2 Å². The second kappa shape index (κ2) is 7.16. The zero-order chi connectivity index (χ0) is 13.5. The molecule has 0 saturated carbocycles. The number of hydrogen-bond donors (Lipinski definition) is 1. The summed E-state index contributed by atoms with van der Waals surface area (Å²) in [4.78, 5) is 23.6. The molecule has 18 heavy (non-hydrogen) atoms. The first-order valence-corrected chi connectivity index (χ1v) is 6.63. The van der Waals surface area contributed by atoms with Crippen molar-refractivity contribution in [1.29, 1.82) is 0 Å². The van der Waals surface area contributed by atoms with E-state index in [1.807, 2.05) is 6.92 Å². The second-order valence-corrected chi connectivity index (χ2v) is 4.52. The summed E-state index contributed by atoms with van der Waals surface area (Å²) < 4.78 is 2.83. The maximum absolute atomic E-state index is 11.9. The Morgan fingerprint density at radius 2 is 2.06 bits per heavy atom. The van der Waals surface area contributed by atoms with Gasteiger partial charge in [0, 0.05) is 37.9 Å². The smallest absolute Gasteiger partial charge is 0.312 e. The average molecular weight is 253 g/mol. The summed E-state index contributed by atoms with van der Waals surface area (Å²) in [5.74, 6) is 0. The van der Waals surface area contributed by atoms with Crippen molar-refractivity contribution < 1.29 is 0 Å². The predicted octanol–water partition coefficient (Wildman–Crippen LogP) is 0.808. The van der Waals surface area contributed by atoms with Crippen molar-refractivity contribution in [2.24, 2.45) is 0 Å². The van der Waals surface area contributed by atoms with Crippen molar-refractivity contribution in [3.8, 4) is 0 Å². The van der Waals surface area contributed by atoms with Gasteiger partial charge >= 0.3 is 5.69 Å². The van der Waals surface area contributed by atoms with E-state index >= 15 is 0 Å². The number of rotatable bonds is 7. The van der Waals surface area contributed by atoms with Crippen LogP contribution in [0.25, 0.3) is 0 Å². The van der Waals surface area contributed by atoms with E-state index in [0.717, 1.165) is 12.8 Å². The van der Waals surface area contributed by atoms with Gasteiger partial charge in [-0.15, -0.1) is 0 Å². The fraction of sp³-hybridized carbons (Fsp3) is 0.692. The van der Waals surface area contributed by atoms with Crippen LogP contribution < -0.4 is 16.6 Å². The number of nitrogens with one attached hydrogen (secondary N) is 1. The molecule has 102 valence electrons. The first kappa shape index (κ1) is 14.7. The van der Waals surface area contributed by atoms with Crippen LogP contribution in [0.1, 0.15) is 33.6 Å². The summed E-state index contributed by atoms with van der Waals surface area (Å²) in [6.07, 6.45) is 3.78. The van der Waals surface area contributed by atoms with Crippen LogP contribution in [0.4, 0.5) is 0 Å². The van der Waals surface area contributed by atoms with Crippen LogP contribution in [0.15, 0.2) is 21.9 Å². The fourth-order valence-electron chi connectivity index (χ4n) is 1.96. The summed E-state index contributed by atoms with van der Waals surface area (Å²) in [6, 6.07) is 1.86. The molecular formula is C13H23N3O2. The Hall–Kier alpha value is -1.36. The predicted molar refractivity (Wildman–Crippen MR) is 73.0 cm³/mol. The lowest BCUT2D eigenvalue weighted by molar-refractivity contribution is 0.468. The van der Waals surface area contributed by atoms with Crippen LogP contribution in [0.2, 0.25) is 0 Å². The lowest BCUT2D eigenvalue weighted by Crippen LogP contribution is -2.41. The minimum atomic E-state index is -0.227. The average Bonchev–Trinajstić information content (AvgIpc) is 2.34. The fourth-order valence-corrected chi connectivity index (χ4v) is 1.96. The topological polar surface area (TPSA) is 56.0 Å². The Labute approximate surface area is 107 Å². The van der Waals surface area contributed by atoms with Gasteiger partial charge in [-0.1, -0.05) is 13.3 Å². The molecule has 5 heteroatoms. The summed E-state index contributed by atoms with van der Waals surface area (Å²) in [5.41, 5.74) is -0.454. The van der Waals surface area contributed by atoms with Gasteiger partial charge in [-0.25, -0.2) is 4.79 Å². The minimum absolute atomic E-state index is 0.227. The molecule has 5 nitrogen and oxygen atoms in total. The van der Waals surface area contributed by atoms with Crippen molar-refractivity contribution in [3.05, 3.63) is 33.1 Å². The van der Waals surface area contributed by atoms with E-state index in [1.165, 1.54) is 15.2 Å². The molecule has 0 bridgehead atoms. The van der Waals surface area contributed by atoms with Crippen molar-refractivity contribution >= 4 is 0 Å². The third-order valence-electron chi connectivity index (χ3n) is 3.03. The standard InChI is InChI=1S/C13H23N3O2/c1-4-6-11(3)14-8-10-16-12(17)7-9-15(5-2)13(16)18/h7,9,11,14H,4-6,8,10H2,1-3H3. The van der Waals surface area contributed by atoms with Gasteiger partial charge in [0.1, 0.15) is 0 Å². The van der Waals surface area contributed by atoms with E-state index < -0.39 is 0 Å². The zero-order valence-corrected chi connectivity index (χ0v) is 11.5. The Balaban J connectivity index is 2.68. The van der Waals surface area contributed by atoms with E-state index in [9.17, 15) is 9.59 Å². The van der Waals surface area contributed by atoms with Gasteiger partial charge in [0.2, 0.25) is 0 Å². The van der Waals surface area contributed by atoms with E-state index in [-0.39, 0.29) is 11.2 Å². The molecule has 0 amide bonds. The molecule has 0 fully saturated rings. The van der Waals surface area contributed by atoms with Crippen LogP contribution in [-0.4, -0.2) is 21.7 Å². The molecule has 1 atom stereocenters. The number of hydrogen-bond acceptors (Lipinski definition) is 3. The van der Waals surface area contributed by atoms with Crippen molar-refractivity contribution in [1.82, 2.24) is 14.5 Å². The molecule has 1 aromatic heterocycles. The first-order chi connectivity index (χ1) is 8.60. The molecule has 0 saturated heterocycles.